The molecule has 5 aromatic carbocycles. The average Bonchev–Trinajstić information content (AvgIpc) is 0.760. The van der Waals surface area contributed by atoms with Crippen LogP contribution < -0.4 is 0 Å². The third-order valence-corrected chi connectivity index (χ3v) is 29.7. The van der Waals surface area contributed by atoms with Crippen molar-refractivity contribution in [3.63, 3.8) is 0 Å². The van der Waals surface area contributed by atoms with E-state index in [4.69, 9.17) is 30.5 Å². The SMILES string of the molecule is CC(C)CN1CCC2(CC1)CSC1=C(O2)c2ccccc2C(=O)C1=O.CCCC(C)N1CCC2(CC1)CSC1=C(O2)c2ccccc2C(=O)C1=O.CCCCCCCCCCN1CCC2(CC1)CSC1=C(O2)c2ccccc2C(=O)C1=O.O=C1C(=O)c2ccccc2C2=C1SCC1(CCN(Cc3c(F)cccc3Cl)CC1)O2. The molecule has 4 fully saturated rings. The fourth-order valence-electron chi connectivity index (χ4n) is 17.3. The summed E-state index contributed by atoms with van der Waals surface area (Å²) in [6.45, 7) is 21.7. The van der Waals surface area contributed by atoms with E-state index >= 15 is 0 Å². The number of hydrogen-bond donors (Lipinski definition) is 0. The van der Waals surface area contributed by atoms with E-state index in [0.717, 1.165) is 144 Å². The van der Waals surface area contributed by atoms with E-state index in [1.54, 1.807) is 54.6 Å². The number of hydrogen-bond acceptors (Lipinski definition) is 20. The zero-order valence-corrected chi connectivity index (χ0v) is 69.1. The predicted molar refractivity (Wildman–Crippen MR) is 446 cm³/mol. The van der Waals surface area contributed by atoms with Crippen molar-refractivity contribution in [1.29, 1.82) is 0 Å². The minimum atomic E-state index is -0.477. The average molecular weight is 1610 g/mol. The summed E-state index contributed by atoms with van der Waals surface area (Å²) in [6.07, 6.45) is 20.6. The van der Waals surface area contributed by atoms with Gasteiger partial charge in [0.05, 0.1) is 0 Å². The summed E-state index contributed by atoms with van der Waals surface area (Å²) in [5, 5.41) is 0.441. The summed E-state index contributed by atoms with van der Waals surface area (Å²) in [5.41, 5.74) is 4.35. The molecule has 0 bridgehead atoms. The minimum absolute atomic E-state index is 0.215. The summed E-state index contributed by atoms with van der Waals surface area (Å²) in [5.74, 6) is 2.34. The van der Waals surface area contributed by atoms with Crippen LogP contribution in [0.25, 0.3) is 23.0 Å². The molecule has 8 aliphatic heterocycles. The van der Waals surface area contributed by atoms with Gasteiger partial charge in [-0.1, -0.05) is 194 Å². The lowest BCUT2D eigenvalue weighted by atomic mass is 9.89. The molecule has 0 aromatic heterocycles. The summed E-state index contributed by atoms with van der Waals surface area (Å²) in [7, 11) is 0. The smallest absolute Gasteiger partial charge is 0.243 e. The number of likely N-dealkylation sites (tertiary alicyclic amines) is 4. The Labute approximate surface area is 679 Å². The largest absolute Gasteiger partial charge is 0.484 e. The molecule has 17 rings (SSSR count). The Bertz CT molecular complexity index is 4590. The van der Waals surface area contributed by atoms with E-state index in [9.17, 15) is 42.7 Å². The second-order valence-electron chi connectivity index (χ2n) is 32.4. The van der Waals surface area contributed by atoms with E-state index < -0.39 is 51.9 Å². The highest BCUT2D eigenvalue weighted by Crippen LogP contribution is 2.52. The second kappa shape index (κ2) is 35.7. The fraction of sp³-hybridized carbons (Fsp3) is 0.489. The molecule has 112 heavy (non-hydrogen) atoms. The van der Waals surface area contributed by atoms with Gasteiger partial charge in [0.15, 0.2) is 0 Å². The van der Waals surface area contributed by atoms with Gasteiger partial charge in [-0.15, -0.1) is 47.0 Å². The lowest BCUT2D eigenvalue weighted by Gasteiger charge is -2.46. The van der Waals surface area contributed by atoms with Crippen molar-refractivity contribution in [2.24, 2.45) is 5.92 Å². The Kier molecular flexibility index (Phi) is 26.0. The Morgan fingerprint density at radius 2 is 0.705 bits per heavy atom. The number of piperidine rings is 4. The number of carbonyl (C=O) groups excluding carboxylic acids is 8. The van der Waals surface area contributed by atoms with Crippen LogP contribution >= 0.6 is 58.6 Å². The van der Waals surface area contributed by atoms with Crippen LogP contribution in [-0.4, -0.2) is 183 Å². The van der Waals surface area contributed by atoms with Gasteiger partial charge < -0.3 is 33.6 Å². The maximum Gasteiger partial charge on any atom is 0.243 e. The van der Waals surface area contributed by atoms with E-state index in [1.807, 2.05) is 54.6 Å². The van der Waals surface area contributed by atoms with Gasteiger partial charge in [-0.05, 0) is 44.4 Å². The molecule has 0 amide bonds. The number of nitrogens with zero attached hydrogens (tertiary/aromatic N) is 4. The predicted octanol–water partition coefficient (Wildman–Crippen LogP) is 17.9. The van der Waals surface area contributed by atoms with E-state index in [-0.39, 0.29) is 22.6 Å². The van der Waals surface area contributed by atoms with Crippen LogP contribution in [0.2, 0.25) is 5.02 Å². The first-order valence-corrected chi connectivity index (χ1v) is 44.8. The van der Waals surface area contributed by atoms with Crippen molar-refractivity contribution in [3.8, 4) is 0 Å². The van der Waals surface area contributed by atoms with Gasteiger partial charge in [-0.3, -0.25) is 43.3 Å². The maximum absolute atomic E-state index is 14.1. The highest BCUT2D eigenvalue weighted by molar-refractivity contribution is 8.05. The molecule has 22 heteroatoms. The number of fused-ring (bicyclic) bond motifs is 8. The van der Waals surface area contributed by atoms with Gasteiger partial charge in [0.2, 0.25) is 46.3 Å². The number of ether oxygens (including phenoxy) is 4. The highest BCUT2D eigenvalue weighted by atomic mass is 35.5. The Hall–Kier alpha value is -6.92. The van der Waals surface area contributed by atoms with Crippen LogP contribution in [0, 0.1) is 11.7 Å². The molecule has 12 aliphatic rings. The quantitative estimate of drug-likeness (QED) is 0.0670. The molecule has 4 spiro atoms. The molecule has 4 saturated heterocycles. The number of thioether (sulfide) groups is 4. The van der Waals surface area contributed by atoms with Crippen LogP contribution in [0.5, 0.6) is 0 Å². The minimum Gasteiger partial charge on any atom is -0.484 e. The van der Waals surface area contributed by atoms with Crippen LogP contribution in [0.3, 0.4) is 0 Å². The number of Topliss-reactive ketones (excluding diaryl/α,β-unsaturated/α-hetero) is 8. The van der Waals surface area contributed by atoms with Crippen molar-refractivity contribution in [3.05, 3.63) is 196 Å². The number of carbonyl (C=O) groups is 8. The Balaban J connectivity index is 0.000000124. The zero-order chi connectivity index (χ0) is 78.5. The fourth-order valence-corrected chi connectivity index (χ4v) is 22.6. The summed E-state index contributed by atoms with van der Waals surface area (Å²) in [4.78, 5) is 111. The van der Waals surface area contributed by atoms with Gasteiger partial charge in [0, 0.05) is 201 Å². The topological polar surface area (TPSA) is 186 Å². The number of benzene rings is 5. The first-order chi connectivity index (χ1) is 54.1. The van der Waals surface area contributed by atoms with Gasteiger partial charge in [0.1, 0.15) is 70.9 Å². The summed E-state index contributed by atoms with van der Waals surface area (Å²) >= 11 is 12.2. The van der Waals surface area contributed by atoms with Crippen LogP contribution in [0.4, 0.5) is 4.39 Å². The van der Waals surface area contributed by atoms with E-state index in [0.29, 0.717) is 105 Å². The van der Waals surface area contributed by atoms with Crippen molar-refractivity contribution in [1.82, 2.24) is 19.6 Å². The molecule has 0 radical (unpaired) electrons. The van der Waals surface area contributed by atoms with Crippen LogP contribution in [0.1, 0.15) is 219 Å². The molecule has 16 nitrogen and oxygen atoms in total. The van der Waals surface area contributed by atoms with Gasteiger partial charge in [-0.25, -0.2) is 4.39 Å². The number of halogens is 2. The molecule has 592 valence electrons. The maximum atomic E-state index is 14.1. The molecule has 1 atom stereocenters. The molecule has 1 unspecified atom stereocenters. The standard InChI is InChI=1S/C26H35NO3S.C23H19ClFNO3S.C21H25NO3S.C20H23NO3S/c1-2-3-4-5-6-7-8-11-16-27-17-14-26(15-18-27)19-31-25-23(29)22(28)20-12-9-10-13-21(20)24(25)30-26;24-17-6-3-7-18(25)16(17)12-26-10-8-23(9-11-26)13-30-22-20(28)19(27)14-4-1-2-5-15(14)21(22)29-23;1-3-6-14(2)22-11-9-21(10-12-22)13-26-20-18(24)17(23)15-7-4-5-8-16(15)19(20)25-21;1-13(2)11-21-9-7-20(8-10-21)12-25-19-17(23)16(22)14-5-3-4-6-15(14)18(19)24-20/h9-10,12-13H,2-8,11,14-19H2,1H3;1-7H,8-13H2;4-5,7-8,14H,3,6,9-13H2,1-2H3;3-6,13H,7-12H2,1-2H3. The molecule has 8 heterocycles. The van der Waals surface area contributed by atoms with Gasteiger partial charge in [0.25, 0.3) is 0 Å². The van der Waals surface area contributed by atoms with Gasteiger partial charge >= 0.3 is 0 Å². The lowest BCUT2D eigenvalue weighted by Crippen LogP contribution is -2.51. The molecule has 5 aromatic rings. The number of ketones is 8. The van der Waals surface area contributed by atoms with E-state index in [1.165, 1.54) is 124 Å². The lowest BCUT2D eigenvalue weighted by molar-refractivity contribution is -0.112. The number of unbranched alkanes of at least 4 members (excludes halogenated alkanes) is 7. The van der Waals surface area contributed by atoms with Gasteiger partial charge in [-0.2, -0.15) is 0 Å². The van der Waals surface area contributed by atoms with Crippen LogP contribution in [0.15, 0.2) is 135 Å². The van der Waals surface area contributed by atoms with Crippen molar-refractivity contribution < 1.29 is 61.7 Å². The Morgan fingerprint density at radius 1 is 0.384 bits per heavy atom. The van der Waals surface area contributed by atoms with Crippen LogP contribution in [-0.2, 0) is 44.7 Å². The first kappa shape index (κ1) is 81.6. The molecule has 0 saturated carbocycles. The number of allylic oxidation sites excluding steroid dienone is 4. The van der Waals surface area contributed by atoms with Crippen molar-refractivity contribution in [2.45, 2.75) is 185 Å². The number of rotatable bonds is 16. The second-order valence-corrected chi connectivity index (χ2v) is 36.8. The van der Waals surface area contributed by atoms with E-state index in [2.05, 4.69) is 54.2 Å². The molecular weight excluding hydrogens is 1510 g/mol. The normalized spacial score (nSPS) is 21.8. The first-order valence-electron chi connectivity index (χ1n) is 40.5. The van der Waals surface area contributed by atoms with Crippen molar-refractivity contribution >= 4 is 128 Å². The summed E-state index contributed by atoms with van der Waals surface area (Å²) in [6, 6.07) is 34.5. The molecular formula is C90H102ClFN4O12S4. The Morgan fingerprint density at radius 3 is 1.04 bits per heavy atom. The molecule has 4 aliphatic carbocycles. The molecule has 0 N–H and O–H groups in total. The van der Waals surface area contributed by atoms with Crippen molar-refractivity contribution in [2.75, 3.05) is 88.5 Å². The summed E-state index contributed by atoms with van der Waals surface area (Å²) < 4.78 is 40.2. The highest BCUT2D eigenvalue weighted by Gasteiger charge is 2.51. The third-order valence-electron chi connectivity index (χ3n) is 24.1. The zero-order valence-electron chi connectivity index (χ0n) is 65.0. The third kappa shape index (κ3) is 17.5. The monoisotopic (exact) mass is 1610 g/mol.